The van der Waals surface area contributed by atoms with Gasteiger partial charge in [0.25, 0.3) is 0 Å². The van der Waals surface area contributed by atoms with Crippen LogP contribution in [-0.4, -0.2) is 16.0 Å². The molecule has 94 valence electrons. The Morgan fingerprint density at radius 2 is 2.33 bits per heavy atom. The highest BCUT2D eigenvalue weighted by molar-refractivity contribution is 7.13. The fourth-order valence-corrected chi connectivity index (χ4v) is 2.07. The summed E-state index contributed by atoms with van der Waals surface area (Å²) in [4.78, 5) is 15.8. The van der Waals surface area contributed by atoms with Gasteiger partial charge in [0.15, 0.2) is 5.13 Å². The van der Waals surface area contributed by atoms with Crippen LogP contribution in [0, 0.1) is 6.92 Å². The molecular formula is C12H13N3O2S. The van der Waals surface area contributed by atoms with Crippen LogP contribution >= 0.6 is 11.3 Å². The number of hydrogen-bond acceptors (Lipinski definition) is 5. The lowest BCUT2D eigenvalue weighted by Gasteiger charge is -2.06. The molecule has 0 atom stereocenters. The van der Waals surface area contributed by atoms with E-state index in [9.17, 15) is 9.90 Å². The maximum atomic E-state index is 11.7. The monoisotopic (exact) mass is 263 g/mol. The van der Waals surface area contributed by atoms with Crippen molar-refractivity contribution in [3.8, 4) is 5.75 Å². The highest BCUT2D eigenvalue weighted by Gasteiger charge is 2.07. The number of hydrogen-bond donors (Lipinski definition) is 3. The molecule has 4 N–H and O–H groups in total. The number of carbonyl (C=O) groups excluding carboxylic acids is 1. The number of thiazole rings is 1. The summed E-state index contributed by atoms with van der Waals surface area (Å²) in [6, 6.07) is 4.91. The van der Waals surface area contributed by atoms with Crippen LogP contribution in [0.1, 0.15) is 11.3 Å². The Bertz CT molecular complexity index is 580. The van der Waals surface area contributed by atoms with Crippen LogP contribution in [0.2, 0.25) is 0 Å². The van der Waals surface area contributed by atoms with Gasteiger partial charge < -0.3 is 16.2 Å². The summed E-state index contributed by atoms with van der Waals surface area (Å²) >= 11 is 1.31. The zero-order valence-electron chi connectivity index (χ0n) is 9.80. The number of nitrogens with two attached hydrogens (primary N) is 1. The van der Waals surface area contributed by atoms with Gasteiger partial charge >= 0.3 is 0 Å². The number of phenolic OH excluding ortho intramolecular Hbond substituents is 1. The fraction of sp³-hybridized carbons (Fsp3) is 0.167. The zero-order chi connectivity index (χ0) is 13.1. The van der Waals surface area contributed by atoms with E-state index in [4.69, 9.17) is 5.73 Å². The molecule has 2 aromatic rings. The molecule has 0 radical (unpaired) electrons. The zero-order valence-corrected chi connectivity index (χ0v) is 10.6. The van der Waals surface area contributed by atoms with Crippen molar-refractivity contribution in [1.29, 1.82) is 0 Å². The van der Waals surface area contributed by atoms with Crippen LogP contribution in [0.25, 0.3) is 0 Å². The van der Waals surface area contributed by atoms with Crippen LogP contribution in [-0.2, 0) is 11.2 Å². The Hall–Kier alpha value is -2.08. The van der Waals surface area contributed by atoms with Gasteiger partial charge in [0.1, 0.15) is 5.75 Å². The second-order valence-electron chi connectivity index (χ2n) is 3.90. The third kappa shape index (κ3) is 2.98. The predicted molar refractivity (Wildman–Crippen MR) is 71.7 cm³/mol. The summed E-state index contributed by atoms with van der Waals surface area (Å²) in [5.41, 5.74) is 7.51. The highest BCUT2D eigenvalue weighted by atomic mass is 32.1. The second kappa shape index (κ2) is 5.05. The molecule has 0 aliphatic heterocycles. The van der Waals surface area contributed by atoms with Crippen molar-refractivity contribution in [1.82, 2.24) is 4.98 Å². The largest absolute Gasteiger partial charge is 0.508 e. The lowest BCUT2D eigenvalue weighted by atomic mass is 10.2. The van der Waals surface area contributed by atoms with E-state index >= 15 is 0 Å². The van der Waals surface area contributed by atoms with Crippen LogP contribution in [0.15, 0.2) is 23.6 Å². The summed E-state index contributed by atoms with van der Waals surface area (Å²) in [5, 5.41) is 14.3. The van der Waals surface area contributed by atoms with Gasteiger partial charge in [-0.3, -0.25) is 4.79 Å². The van der Waals surface area contributed by atoms with Gasteiger partial charge in [-0.25, -0.2) is 4.98 Å². The van der Waals surface area contributed by atoms with Crippen molar-refractivity contribution in [2.75, 3.05) is 11.1 Å². The minimum atomic E-state index is -0.162. The van der Waals surface area contributed by atoms with Gasteiger partial charge in [0.2, 0.25) is 5.91 Å². The summed E-state index contributed by atoms with van der Waals surface area (Å²) in [5.74, 6) is 0.0469. The lowest BCUT2D eigenvalue weighted by molar-refractivity contribution is -0.115. The Balaban J connectivity index is 2.00. The Labute approximate surface area is 108 Å². The number of aromatic hydroxyl groups is 1. The molecule has 1 heterocycles. The molecule has 0 saturated carbocycles. The number of nitrogen functional groups attached to an aromatic ring is 1. The normalized spacial score (nSPS) is 10.3. The summed E-state index contributed by atoms with van der Waals surface area (Å²) in [7, 11) is 0. The molecule has 1 aromatic heterocycles. The molecule has 0 fully saturated rings. The maximum Gasteiger partial charge on any atom is 0.230 e. The van der Waals surface area contributed by atoms with E-state index in [0.29, 0.717) is 22.1 Å². The van der Waals surface area contributed by atoms with Crippen LogP contribution < -0.4 is 11.1 Å². The molecule has 2 rings (SSSR count). The Morgan fingerprint density at radius 1 is 1.56 bits per heavy atom. The van der Waals surface area contributed by atoms with Crippen molar-refractivity contribution < 1.29 is 9.90 Å². The van der Waals surface area contributed by atoms with Crippen molar-refractivity contribution in [3.63, 3.8) is 0 Å². The molecule has 1 aromatic carbocycles. The number of rotatable bonds is 3. The van der Waals surface area contributed by atoms with E-state index in [2.05, 4.69) is 10.3 Å². The van der Waals surface area contributed by atoms with Crippen molar-refractivity contribution >= 4 is 28.1 Å². The SMILES string of the molecule is Cc1cc(NC(=O)Cc2csc(N)n2)ccc1O. The van der Waals surface area contributed by atoms with E-state index < -0.39 is 0 Å². The Morgan fingerprint density at radius 3 is 2.94 bits per heavy atom. The number of nitrogens with one attached hydrogen (secondary N) is 1. The number of anilines is 2. The van der Waals surface area contributed by atoms with E-state index in [0.717, 1.165) is 0 Å². The van der Waals surface area contributed by atoms with E-state index in [1.54, 1.807) is 30.5 Å². The van der Waals surface area contributed by atoms with E-state index in [1.807, 2.05) is 0 Å². The molecular weight excluding hydrogens is 250 g/mol. The van der Waals surface area contributed by atoms with Crippen molar-refractivity contribution in [3.05, 3.63) is 34.8 Å². The number of aryl methyl sites for hydroxylation is 1. The van der Waals surface area contributed by atoms with Gasteiger partial charge in [0, 0.05) is 11.1 Å². The molecule has 5 nitrogen and oxygen atoms in total. The summed E-state index contributed by atoms with van der Waals surface area (Å²) < 4.78 is 0. The van der Waals surface area contributed by atoms with Gasteiger partial charge in [-0.05, 0) is 30.7 Å². The molecule has 0 saturated heterocycles. The maximum absolute atomic E-state index is 11.7. The standard InChI is InChI=1S/C12H13N3O2S/c1-7-4-8(2-3-10(7)16)14-11(17)5-9-6-18-12(13)15-9/h2-4,6,16H,5H2,1H3,(H2,13,15)(H,14,17). The number of benzene rings is 1. The van der Waals surface area contributed by atoms with Crippen molar-refractivity contribution in [2.24, 2.45) is 0 Å². The van der Waals surface area contributed by atoms with E-state index in [1.165, 1.54) is 11.3 Å². The quantitative estimate of drug-likeness (QED) is 0.738. The van der Waals surface area contributed by atoms with Gasteiger partial charge in [-0.15, -0.1) is 11.3 Å². The molecule has 0 spiro atoms. The molecule has 18 heavy (non-hydrogen) atoms. The predicted octanol–water partition coefficient (Wildman–Crippen LogP) is 1.92. The molecule has 1 amide bonds. The van der Waals surface area contributed by atoms with Crippen LogP contribution in [0.4, 0.5) is 10.8 Å². The smallest absolute Gasteiger partial charge is 0.230 e. The molecule has 6 heteroatoms. The second-order valence-corrected chi connectivity index (χ2v) is 4.79. The van der Waals surface area contributed by atoms with Gasteiger partial charge in [0.05, 0.1) is 12.1 Å². The molecule has 0 unspecified atom stereocenters. The Kier molecular flexibility index (Phi) is 3.47. The minimum absolute atomic E-state index is 0.162. The number of nitrogens with zero attached hydrogens (tertiary/aromatic N) is 1. The minimum Gasteiger partial charge on any atom is -0.508 e. The van der Waals surface area contributed by atoms with Crippen molar-refractivity contribution in [2.45, 2.75) is 13.3 Å². The van der Waals surface area contributed by atoms with E-state index in [-0.39, 0.29) is 18.1 Å². The first-order valence-electron chi connectivity index (χ1n) is 5.34. The van der Waals surface area contributed by atoms with Gasteiger partial charge in [-0.1, -0.05) is 0 Å². The number of carbonyl (C=O) groups is 1. The fourth-order valence-electron chi connectivity index (χ4n) is 1.51. The summed E-state index contributed by atoms with van der Waals surface area (Å²) in [6.07, 6.45) is 0.188. The number of phenols is 1. The van der Waals surface area contributed by atoms with Crippen LogP contribution in [0.3, 0.4) is 0 Å². The lowest BCUT2D eigenvalue weighted by Crippen LogP contribution is -2.14. The first-order chi connectivity index (χ1) is 8.54. The highest BCUT2D eigenvalue weighted by Crippen LogP contribution is 2.20. The first kappa shape index (κ1) is 12.4. The molecule has 0 aliphatic rings. The summed E-state index contributed by atoms with van der Waals surface area (Å²) in [6.45, 7) is 1.77. The average molecular weight is 263 g/mol. The number of aromatic nitrogens is 1. The number of amides is 1. The topological polar surface area (TPSA) is 88.2 Å². The van der Waals surface area contributed by atoms with Gasteiger partial charge in [-0.2, -0.15) is 0 Å². The third-order valence-corrected chi connectivity index (χ3v) is 3.11. The average Bonchev–Trinajstić information content (AvgIpc) is 2.69. The third-order valence-electron chi connectivity index (χ3n) is 2.39. The molecule has 0 aliphatic carbocycles. The first-order valence-corrected chi connectivity index (χ1v) is 6.22. The molecule has 0 bridgehead atoms. The van der Waals surface area contributed by atoms with Crippen LogP contribution in [0.5, 0.6) is 5.75 Å².